The summed E-state index contributed by atoms with van der Waals surface area (Å²) in [6.07, 6.45) is 5.32. The molecular weight excluding hydrogens is 260 g/mol. The molecule has 0 radical (unpaired) electrons. The quantitative estimate of drug-likeness (QED) is 0.478. The number of hydrogen-bond acceptors (Lipinski definition) is 2. The fourth-order valence-electron chi connectivity index (χ4n) is 1.90. The van der Waals surface area contributed by atoms with Gasteiger partial charge in [0.15, 0.2) is 11.5 Å². The van der Waals surface area contributed by atoms with Crippen LogP contribution in [-0.2, 0) is 6.42 Å². The van der Waals surface area contributed by atoms with Gasteiger partial charge in [-0.3, -0.25) is 0 Å². The zero-order chi connectivity index (χ0) is 14.1. The van der Waals surface area contributed by atoms with E-state index in [0.29, 0.717) is 0 Å². The number of halogens is 1. The molecule has 1 unspecified atom stereocenters. The van der Waals surface area contributed by atoms with Gasteiger partial charge in [-0.05, 0) is 37.0 Å². The van der Waals surface area contributed by atoms with Crippen LogP contribution in [0.3, 0.4) is 0 Å². The van der Waals surface area contributed by atoms with Gasteiger partial charge in [0.05, 0.1) is 13.7 Å². The maximum atomic E-state index is 6.20. The van der Waals surface area contributed by atoms with E-state index < -0.39 is 0 Å². The van der Waals surface area contributed by atoms with Crippen LogP contribution >= 0.6 is 11.6 Å². The third-order valence-corrected chi connectivity index (χ3v) is 3.60. The molecule has 1 aromatic carbocycles. The molecule has 0 amide bonds. The van der Waals surface area contributed by atoms with E-state index in [1.807, 2.05) is 6.07 Å². The van der Waals surface area contributed by atoms with Crippen molar-refractivity contribution >= 4 is 11.6 Å². The predicted octanol–water partition coefficient (Wildman–Crippen LogP) is 4.82. The summed E-state index contributed by atoms with van der Waals surface area (Å²) in [4.78, 5) is 0. The molecule has 108 valence electrons. The van der Waals surface area contributed by atoms with Gasteiger partial charge in [0, 0.05) is 5.38 Å². The van der Waals surface area contributed by atoms with Crippen LogP contribution in [0.5, 0.6) is 11.5 Å². The van der Waals surface area contributed by atoms with Gasteiger partial charge in [0.25, 0.3) is 0 Å². The Kier molecular flexibility index (Phi) is 7.73. The van der Waals surface area contributed by atoms with Crippen LogP contribution < -0.4 is 9.47 Å². The van der Waals surface area contributed by atoms with Crippen molar-refractivity contribution in [3.05, 3.63) is 23.8 Å². The summed E-state index contributed by atoms with van der Waals surface area (Å²) in [5.74, 6) is 1.62. The highest BCUT2D eigenvalue weighted by atomic mass is 35.5. The van der Waals surface area contributed by atoms with Gasteiger partial charge in [-0.25, -0.2) is 0 Å². The fourth-order valence-corrected chi connectivity index (χ4v) is 2.07. The lowest BCUT2D eigenvalue weighted by molar-refractivity contribution is 0.285. The predicted molar refractivity (Wildman–Crippen MR) is 81.7 cm³/mol. The number of alkyl halides is 1. The third-order valence-electron chi connectivity index (χ3n) is 3.13. The first-order valence-corrected chi connectivity index (χ1v) is 7.58. The highest BCUT2D eigenvalue weighted by molar-refractivity contribution is 6.20. The fraction of sp³-hybridized carbons (Fsp3) is 0.625. The summed E-state index contributed by atoms with van der Waals surface area (Å²) in [6.45, 7) is 5.03. The average molecular weight is 285 g/mol. The van der Waals surface area contributed by atoms with Crippen molar-refractivity contribution in [1.29, 1.82) is 0 Å². The number of unbranched alkanes of at least 4 members (excludes halogenated alkanes) is 2. The van der Waals surface area contributed by atoms with E-state index in [0.717, 1.165) is 37.4 Å². The number of methoxy groups -OCH3 is 1. The van der Waals surface area contributed by atoms with E-state index in [2.05, 4.69) is 26.0 Å². The molecule has 0 aromatic heterocycles. The van der Waals surface area contributed by atoms with Gasteiger partial charge < -0.3 is 9.47 Å². The maximum absolute atomic E-state index is 6.20. The van der Waals surface area contributed by atoms with Crippen molar-refractivity contribution in [3.63, 3.8) is 0 Å². The van der Waals surface area contributed by atoms with Gasteiger partial charge in [-0.1, -0.05) is 32.8 Å². The normalized spacial score (nSPS) is 12.2. The van der Waals surface area contributed by atoms with Crippen LogP contribution in [0.2, 0.25) is 0 Å². The van der Waals surface area contributed by atoms with E-state index in [1.54, 1.807) is 7.11 Å². The summed E-state index contributed by atoms with van der Waals surface area (Å²) in [5.41, 5.74) is 1.20. The van der Waals surface area contributed by atoms with Gasteiger partial charge in [-0.2, -0.15) is 0 Å². The summed E-state index contributed by atoms with van der Waals surface area (Å²) in [6, 6.07) is 6.07. The van der Waals surface area contributed by atoms with Crippen molar-refractivity contribution in [3.8, 4) is 11.5 Å². The Morgan fingerprint density at radius 2 is 1.95 bits per heavy atom. The molecule has 0 aliphatic rings. The van der Waals surface area contributed by atoms with Crippen molar-refractivity contribution in [2.75, 3.05) is 13.7 Å². The third kappa shape index (κ3) is 5.73. The molecule has 0 N–H and O–H groups in total. The second kappa shape index (κ2) is 9.08. The molecule has 0 spiro atoms. The molecule has 0 fully saturated rings. The molecule has 1 aromatic rings. The maximum Gasteiger partial charge on any atom is 0.161 e. The molecule has 0 aliphatic heterocycles. The van der Waals surface area contributed by atoms with Crippen LogP contribution in [0.15, 0.2) is 18.2 Å². The SMILES string of the molecule is CCCCCOc1cc(CC(Cl)CC)ccc1OC. The van der Waals surface area contributed by atoms with Crippen LogP contribution in [0, 0.1) is 0 Å². The Morgan fingerprint density at radius 1 is 1.16 bits per heavy atom. The van der Waals surface area contributed by atoms with Crippen molar-refractivity contribution in [2.24, 2.45) is 0 Å². The van der Waals surface area contributed by atoms with Crippen molar-refractivity contribution in [1.82, 2.24) is 0 Å². The van der Waals surface area contributed by atoms with Gasteiger partial charge in [0.1, 0.15) is 0 Å². The van der Waals surface area contributed by atoms with E-state index in [1.165, 1.54) is 18.4 Å². The number of rotatable bonds is 9. The molecule has 1 rings (SSSR count). The Morgan fingerprint density at radius 3 is 2.58 bits per heavy atom. The molecule has 19 heavy (non-hydrogen) atoms. The van der Waals surface area contributed by atoms with Crippen LogP contribution in [-0.4, -0.2) is 19.1 Å². The first-order chi connectivity index (χ1) is 9.21. The number of hydrogen-bond donors (Lipinski definition) is 0. The highest BCUT2D eigenvalue weighted by Gasteiger charge is 2.09. The molecule has 2 nitrogen and oxygen atoms in total. The standard InChI is InChI=1S/C16H25ClO2/c1-4-6-7-10-19-16-12-13(11-14(17)5-2)8-9-15(16)18-3/h8-9,12,14H,4-7,10-11H2,1-3H3. The largest absolute Gasteiger partial charge is 0.493 e. The Hall–Kier alpha value is -0.890. The second-order valence-corrected chi connectivity index (χ2v) is 5.37. The monoisotopic (exact) mass is 284 g/mol. The molecule has 0 saturated heterocycles. The van der Waals surface area contributed by atoms with Crippen LogP contribution in [0.25, 0.3) is 0 Å². The first kappa shape index (κ1) is 16.2. The van der Waals surface area contributed by atoms with E-state index >= 15 is 0 Å². The summed E-state index contributed by atoms with van der Waals surface area (Å²) < 4.78 is 11.1. The van der Waals surface area contributed by atoms with Crippen molar-refractivity contribution < 1.29 is 9.47 Å². The Bertz CT molecular complexity index is 366. The minimum Gasteiger partial charge on any atom is -0.493 e. The zero-order valence-electron chi connectivity index (χ0n) is 12.2. The van der Waals surface area contributed by atoms with Crippen LogP contribution in [0.1, 0.15) is 45.1 Å². The summed E-state index contributed by atoms with van der Waals surface area (Å²) in [7, 11) is 1.67. The van der Waals surface area contributed by atoms with Crippen LogP contribution in [0.4, 0.5) is 0 Å². The van der Waals surface area contributed by atoms with Gasteiger partial charge in [-0.15, -0.1) is 11.6 Å². The lowest BCUT2D eigenvalue weighted by Gasteiger charge is -2.13. The zero-order valence-corrected chi connectivity index (χ0v) is 13.0. The summed E-state index contributed by atoms with van der Waals surface area (Å²) >= 11 is 6.20. The lowest BCUT2D eigenvalue weighted by atomic mass is 10.1. The molecular formula is C16H25ClO2. The Labute approximate surface area is 122 Å². The smallest absolute Gasteiger partial charge is 0.161 e. The highest BCUT2D eigenvalue weighted by Crippen LogP contribution is 2.29. The molecule has 3 heteroatoms. The Balaban J connectivity index is 2.66. The lowest BCUT2D eigenvalue weighted by Crippen LogP contribution is -2.03. The molecule has 0 saturated carbocycles. The minimum atomic E-state index is 0.182. The topological polar surface area (TPSA) is 18.5 Å². The van der Waals surface area contributed by atoms with E-state index in [9.17, 15) is 0 Å². The van der Waals surface area contributed by atoms with E-state index in [4.69, 9.17) is 21.1 Å². The first-order valence-electron chi connectivity index (χ1n) is 7.15. The average Bonchev–Trinajstić information content (AvgIpc) is 2.43. The molecule has 0 bridgehead atoms. The number of ether oxygens (including phenoxy) is 2. The minimum absolute atomic E-state index is 0.182. The molecule has 0 aliphatic carbocycles. The number of benzene rings is 1. The van der Waals surface area contributed by atoms with Gasteiger partial charge >= 0.3 is 0 Å². The van der Waals surface area contributed by atoms with Crippen molar-refractivity contribution in [2.45, 2.75) is 51.3 Å². The second-order valence-electron chi connectivity index (χ2n) is 4.75. The molecule has 0 heterocycles. The summed E-state index contributed by atoms with van der Waals surface area (Å²) in [5, 5.41) is 0.182. The molecule has 1 atom stereocenters. The van der Waals surface area contributed by atoms with E-state index in [-0.39, 0.29) is 5.38 Å². The van der Waals surface area contributed by atoms with Gasteiger partial charge in [0.2, 0.25) is 0 Å².